The molecule has 1 saturated carbocycles. The number of hydrogen-bond donors (Lipinski definition) is 2. The normalized spacial score (nSPS) is 21.3. The minimum atomic E-state index is -0.0208. The SMILES string of the molecule is CN(CC1(c2ccccc2)CC1(C)C)C(=O)NCCc1cnc[nH]1. The predicted octanol–water partition coefficient (Wildman–Crippen LogP) is 2.96. The molecule has 24 heavy (non-hydrogen) atoms. The Morgan fingerprint density at radius 2 is 2.04 bits per heavy atom. The third-order valence-electron chi connectivity index (χ3n) is 5.32. The van der Waals surface area contributed by atoms with Crippen molar-refractivity contribution in [3.8, 4) is 0 Å². The Balaban J connectivity index is 1.58. The number of carbonyl (C=O) groups excluding carboxylic acids is 1. The van der Waals surface area contributed by atoms with Gasteiger partial charge in [-0.1, -0.05) is 44.2 Å². The standard InChI is InChI=1S/C19H26N4O/c1-18(2)12-19(18,15-7-5-4-6-8-15)13-23(3)17(24)21-10-9-16-11-20-14-22-16/h4-8,11,14H,9-10,12-13H2,1-3H3,(H,20,22)(H,21,24). The van der Waals surface area contributed by atoms with Gasteiger partial charge < -0.3 is 15.2 Å². The number of urea groups is 1. The average molecular weight is 326 g/mol. The minimum absolute atomic E-state index is 0.0208. The number of rotatable bonds is 6. The van der Waals surface area contributed by atoms with Gasteiger partial charge in [0.05, 0.1) is 6.33 Å². The summed E-state index contributed by atoms with van der Waals surface area (Å²) in [7, 11) is 1.88. The first-order chi connectivity index (χ1) is 11.4. The van der Waals surface area contributed by atoms with Gasteiger partial charge in [-0.3, -0.25) is 0 Å². The second kappa shape index (κ2) is 6.30. The summed E-state index contributed by atoms with van der Waals surface area (Å²) >= 11 is 0. The number of carbonyl (C=O) groups is 1. The Morgan fingerprint density at radius 1 is 1.33 bits per heavy atom. The molecule has 0 radical (unpaired) electrons. The Bertz CT molecular complexity index is 681. The van der Waals surface area contributed by atoms with Crippen LogP contribution in [0, 0.1) is 5.41 Å². The highest BCUT2D eigenvalue weighted by molar-refractivity contribution is 5.74. The fraction of sp³-hybridized carbons (Fsp3) is 0.474. The topological polar surface area (TPSA) is 61.0 Å². The van der Waals surface area contributed by atoms with Gasteiger partial charge in [-0.25, -0.2) is 9.78 Å². The third-order valence-corrected chi connectivity index (χ3v) is 5.32. The maximum absolute atomic E-state index is 12.4. The van der Waals surface area contributed by atoms with E-state index in [1.54, 1.807) is 12.5 Å². The molecule has 2 N–H and O–H groups in total. The molecule has 1 aromatic carbocycles. The van der Waals surface area contributed by atoms with Crippen LogP contribution in [0.15, 0.2) is 42.9 Å². The summed E-state index contributed by atoms with van der Waals surface area (Å²) in [6.07, 6.45) is 5.31. The first-order valence-electron chi connectivity index (χ1n) is 8.46. The van der Waals surface area contributed by atoms with Gasteiger partial charge in [0, 0.05) is 43.9 Å². The number of nitrogens with zero attached hydrogens (tertiary/aromatic N) is 2. The summed E-state index contributed by atoms with van der Waals surface area (Å²) in [6, 6.07) is 10.5. The van der Waals surface area contributed by atoms with Crippen LogP contribution in [0.2, 0.25) is 0 Å². The van der Waals surface area contributed by atoms with E-state index in [1.165, 1.54) is 5.56 Å². The van der Waals surface area contributed by atoms with Crippen molar-refractivity contribution in [2.45, 2.75) is 32.1 Å². The lowest BCUT2D eigenvalue weighted by Gasteiger charge is -2.28. The summed E-state index contributed by atoms with van der Waals surface area (Å²) in [6.45, 7) is 5.90. The number of hydrogen-bond acceptors (Lipinski definition) is 2. The van der Waals surface area contributed by atoms with Gasteiger partial charge in [0.1, 0.15) is 0 Å². The van der Waals surface area contributed by atoms with Crippen molar-refractivity contribution in [3.05, 3.63) is 54.1 Å². The highest BCUT2D eigenvalue weighted by Crippen LogP contribution is 2.64. The van der Waals surface area contributed by atoms with E-state index < -0.39 is 0 Å². The quantitative estimate of drug-likeness (QED) is 0.857. The van der Waals surface area contributed by atoms with Crippen LogP contribution >= 0.6 is 0 Å². The Kier molecular flexibility index (Phi) is 4.35. The molecule has 0 bridgehead atoms. The number of nitrogens with one attached hydrogen (secondary N) is 2. The fourth-order valence-corrected chi connectivity index (χ4v) is 3.66. The third kappa shape index (κ3) is 3.16. The summed E-state index contributed by atoms with van der Waals surface area (Å²) in [5.74, 6) is 0. The van der Waals surface area contributed by atoms with E-state index in [0.717, 1.165) is 25.1 Å². The number of imidazole rings is 1. The molecule has 1 aromatic heterocycles. The average Bonchev–Trinajstić information content (AvgIpc) is 2.92. The first kappa shape index (κ1) is 16.6. The number of amides is 2. The highest BCUT2D eigenvalue weighted by Gasteiger charge is 2.62. The zero-order chi connectivity index (χ0) is 17.2. The second-order valence-electron chi connectivity index (χ2n) is 7.42. The van der Waals surface area contributed by atoms with Gasteiger partial charge in [0.25, 0.3) is 0 Å². The highest BCUT2D eigenvalue weighted by atomic mass is 16.2. The fourth-order valence-electron chi connectivity index (χ4n) is 3.66. The van der Waals surface area contributed by atoms with Crippen LogP contribution in [0.4, 0.5) is 4.79 Å². The molecule has 5 nitrogen and oxygen atoms in total. The molecule has 128 valence electrons. The molecular formula is C19H26N4O. The van der Waals surface area contributed by atoms with Crippen LogP contribution in [0.1, 0.15) is 31.5 Å². The monoisotopic (exact) mass is 326 g/mol. The van der Waals surface area contributed by atoms with Crippen molar-refractivity contribution in [3.63, 3.8) is 0 Å². The van der Waals surface area contributed by atoms with E-state index in [2.05, 4.69) is 53.4 Å². The molecule has 1 aliphatic rings. The molecule has 0 spiro atoms. The van der Waals surface area contributed by atoms with Crippen molar-refractivity contribution in [1.29, 1.82) is 0 Å². The van der Waals surface area contributed by atoms with Crippen LogP contribution < -0.4 is 5.32 Å². The Labute approximate surface area is 143 Å². The van der Waals surface area contributed by atoms with E-state index in [9.17, 15) is 4.79 Å². The lowest BCUT2D eigenvalue weighted by atomic mass is 9.87. The van der Waals surface area contributed by atoms with Crippen LogP contribution in [-0.2, 0) is 11.8 Å². The van der Waals surface area contributed by atoms with Crippen LogP contribution in [0.25, 0.3) is 0 Å². The zero-order valence-corrected chi connectivity index (χ0v) is 14.7. The van der Waals surface area contributed by atoms with Crippen LogP contribution in [0.3, 0.4) is 0 Å². The lowest BCUT2D eigenvalue weighted by Crippen LogP contribution is -2.43. The maximum Gasteiger partial charge on any atom is 0.317 e. The Morgan fingerprint density at radius 3 is 2.62 bits per heavy atom. The molecule has 1 unspecified atom stereocenters. The van der Waals surface area contributed by atoms with Crippen LogP contribution in [-0.4, -0.2) is 41.0 Å². The molecule has 1 heterocycles. The molecule has 1 atom stereocenters. The maximum atomic E-state index is 12.4. The van der Waals surface area contributed by atoms with E-state index >= 15 is 0 Å². The van der Waals surface area contributed by atoms with Crippen molar-refractivity contribution >= 4 is 6.03 Å². The van der Waals surface area contributed by atoms with Crippen molar-refractivity contribution < 1.29 is 4.79 Å². The Hall–Kier alpha value is -2.30. The number of H-pyrrole nitrogens is 1. The number of aromatic amines is 1. The van der Waals surface area contributed by atoms with Crippen molar-refractivity contribution in [2.75, 3.05) is 20.1 Å². The van der Waals surface area contributed by atoms with Gasteiger partial charge in [-0.05, 0) is 17.4 Å². The lowest BCUT2D eigenvalue weighted by molar-refractivity contribution is 0.201. The van der Waals surface area contributed by atoms with Gasteiger partial charge >= 0.3 is 6.03 Å². The molecule has 1 aliphatic carbocycles. The van der Waals surface area contributed by atoms with Gasteiger partial charge in [-0.2, -0.15) is 0 Å². The van der Waals surface area contributed by atoms with Gasteiger partial charge in [0.15, 0.2) is 0 Å². The molecular weight excluding hydrogens is 300 g/mol. The van der Waals surface area contributed by atoms with E-state index in [0.29, 0.717) is 6.54 Å². The van der Waals surface area contributed by atoms with Crippen molar-refractivity contribution in [2.24, 2.45) is 5.41 Å². The first-order valence-corrected chi connectivity index (χ1v) is 8.46. The van der Waals surface area contributed by atoms with E-state index in [1.807, 2.05) is 18.0 Å². The molecule has 2 aromatic rings. The summed E-state index contributed by atoms with van der Waals surface area (Å²) < 4.78 is 0. The number of likely N-dealkylation sites (N-methyl/N-ethyl adjacent to an activating group) is 1. The van der Waals surface area contributed by atoms with Crippen molar-refractivity contribution in [1.82, 2.24) is 20.2 Å². The second-order valence-corrected chi connectivity index (χ2v) is 7.42. The molecule has 1 fully saturated rings. The molecule has 2 amide bonds. The minimum Gasteiger partial charge on any atom is -0.348 e. The molecule has 3 rings (SSSR count). The molecule has 0 saturated heterocycles. The number of aromatic nitrogens is 2. The molecule has 0 aliphatic heterocycles. The smallest absolute Gasteiger partial charge is 0.317 e. The predicted molar refractivity (Wildman–Crippen MR) is 94.8 cm³/mol. The zero-order valence-electron chi connectivity index (χ0n) is 14.7. The van der Waals surface area contributed by atoms with E-state index in [-0.39, 0.29) is 16.9 Å². The summed E-state index contributed by atoms with van der Waals surface area (Å²) in [5, 5.41) is 2.99. The van der Waals surface area contributed by atoms with Gasteiger partial charge in [0.2, 0.25) is 0 Å². The summed E-state index contributed by atoms with van der Waals surface area (Å²) in [4.78, 5) is 21.2. The largest absolute Gasteiger partial charge is 0.348 e. The van der Waals surface area contributed by atoms with Crippen LogP contribution in [0.5, 0.6) is 0 Å². The molecule has 5 heteroatoms. The van der Waals surface area contributed by atoms with Gasteiger partial charge in [-0.15, -0.1) is 0 Å². The number of benzene rings is 1. The van der Waals surface area contributed by atoms with E-state index in [4.69, 9.17) is 0 Å². The summed E-state index contributed by atoms with van der Waals surface area (Å²) in [5.41, 5.74) is 2.64.